The number of anilines is 1. The highest BCUT2D eigenvalue weighted by Crippen LogP contribution is 2.59. The summed E-state index contributed by atoms with van der Waals surface area (Å²) in [5.74, 6) is -0.213. The minimum atomic E-state index is -4.00. The van der Waals surface area contributed by atoms with Crippen molar-refractivity contribution < 1.29 is 27.1 Å². The van der Waals surface area contributed by atoms with Gasteiger partial charge in [0, 0.05) is 48.6 Å². The summed E-state index contributed by atoms with van der Waals surface area (Å²) in [6, 6.07) is 15.3. The van der Waals surface area contributed by atoms with Gasteiger partial charge in [-0.15, -0.1) is 0 Å². The molecular formula is C32H33ClFN3O5S. The van der Waals surface area contributed by atoms with Crippen LogP contribution in [0, 0.1) is 11.7 Å². The average Bonchev–Trinajstić information content (AvgIpc) is 3.80. The zero-order chi connectivity index (χ0) is 30.5. The van der Waals surface area contributed by atoms with Crippen LogP contribution >= 0.6 is 11.6 Å². The van der Waals surface area contributed by atoms with E-state index in [1.807, 2.05) is 6.07 Å². The molecule has 8 nitrogen and oxygen atoms in total. The first-order valence-electron chi connectivity index (χ1n) is 14.4. The van der Waals surface area contributed by atoms with Crippen LogP contribution < -0.4 is 14.4 Å². The van der Waals surface area contributed by atoms with Gasteiger partial charge in [-0.1, -0.05) is 23.7 Å². The number of nitrogens with zero attached hydrogens (tertiary/aromatic N) is 2. The van der Waals surface area contributed by atoms with Crippen molar-refractivity contribution in [2.75, 3.05) is 24.5 Å². The Morgan fingerprint density at radius 2 is 1.81 bits per heavy atom. The Balaban J connectivity index is 1.41. The lowest BCUT2D eigenvalue weighted by Crippen LogP contribution is -2.54. The van der Waals surface area contributed by atoms with Gasteiger partial charge in [-0.25, -0.2) is 12.8 Å². The summed E-state index contributed by atoms with van der Waals surface area (Å²) in [4.78, 5) is 27.6. The molecule has 3 aliphatic rings. The second-order valence-corrected chi connectivity index (χ2v) is 13.8. The van der Waals surface area contributed by atoms with Crippen LogP contribution in [-0.2, 0) is 26.8 Å². The highest BCUT2D eigenvalue weighted by molar-refractivity contribution is 7.93. The highest BCUT2D eigenvalue weighted by Gasteiger charge is 2.60. The number of likely N-dealkylation sites (tertiary alicyclic amines) is 1. The first kappa shape index (κ1) is 29.4. The van der Waals surface area contributed by atoms with E-state index in [0.717, 1.165) is 18.4 Å². The van der Waals surface area contributed by atoms with Crippen molar-refractivity contribution >= 4 is 39.1 Å². The molecule has 1 N–H and O–H groups in total. The number of ether oxygens (including phenoxy) is 1. The first-order chi connectivity index (χ1) is 20.5. The van der Waals surface area contributed by atoms with E-state index in [1.54, 1.807) is 46.5 Å². The maximum absolute atomic E-state index is 14.4. The SMILES string of the molecule is COc1cccc(S(=O)(=O)N2c3ccc(C(=O)NCc4ccc(F)cc4Cl)cc3C3(CCN(C(C)=O)CC3)C2C2CC2)c1. The zero-order valence-corrected chi connectivity index (χ0v) is 25.6. The molecule has 1 aliphatic carbocycles. The average molecular weight is 626 g/mol. The summed E-state index contributed by atoms with van der Waals surface area (Å²) in [7, 11) is -2.51. The number of nitrogens with one attached hydrogen (secondary N) is 1. The van der Waals surface area contributed by atoms with Crippen molar-refractivity contribution in [3.8, 4) is 5.75 Å². The quantitative estimate of drug-likeness (QED) is 0.385. The van der Waals surface area contributed by atoms with Crippen molar-refractivity contribution in [1.29, 1.82) is 0 Å². The number of fused-ring (bicyclic) bond motifs is 2. The van der Waals surface area contributed by atoms with E-state index in [1.165, 1.54) is 31.4 Å². The molecule has 0 bridgehead atoms. The molecule has 1 saturated carbocycles. The molecule has 2 heterocycles. The van der Waals surface area contributed by atoms with E-state index in [2.05, 4.69) is 5.32 Å². The molecular weight excluding hydrogens is 593 g/mol. The van der Waals surface area contributed by atoms with Crippen LogP contribution in [0.15, 0.2) is 65.6 Å². The van der Waals surface area contributed by atoms with Crippen molar-refractivity contribution in [2.24, 2.45) is 5.92 Å². The fourth-order valence-corrected chi connectivity index (χ4v) is 8.81. The summed E-state index contributed by atoms with van der Waals surface area (Å²) in [5, 5.41) is 3.08. The lowest BCUT2D eigenvalue weighted by Gasteiger charge is -2.45. The van der Waals surface area contributed by atoms with Gasteiger partial charge in [0.2, 0.25) is 5.91 Å². The molecule has 1 atom stereocenters. The number of hydrogen-bond donors (Lipinski definition) is 1. The number of piperidine rings is 1. The molecule has 226 valence electrons. The summed E-state index contributed by atoms with van der Waals surface area (Å²) >= 11 is 6.16. The Morgan fingerprint density at radius 1 is 1.07 bits per heavy atom. The normalized spacial score (nSPS) is 19.3. The van der Waals surface area contributed by atoms with Gasteiger partial charge in [0.1, 0.15) is 11.6 Å². The van der Waals surface area contributed by atoms with E-state index < -0.39 is 21.3 Å². The zero-order valence-electron chi connectivity index (χ0n) is 24.0. The van der Waals surface area contributed by atoms with Gasteiger partial charge in [-0.3, -0.25) is 13.9 Å². The van der Waals surface area contributed by atoms with Crippen molar-refractivity contribution in [3.63, 3.8) is 0 Å². The van der Waals surface area contributed by atoms with Crippen molar-refractivity contribution in [3.05, 3.63) is 88.2 Å². The van der Waals surface area contributed by atoms with Gasteiger partial charge in [0.15, 0.2) is 0 Å². The second-order valence-electron chi connectivity index (χ2n) is 11.6. The van der Waals surface area contributed by atoms with Crippen molar-refractivity contribution in [2.45, 2.75) is 55.5 Å². The minimum absolute atomic E-state index is 0.00974. The standard InChI is InChI=1S/C32H33ClFN3O5S/c1-20(38)36-14-12-32(13-15-36)27-16-22(31(39)35-19-23-8-10-24(34)17-28(23)33)9-11-29(27)37(30(32)21-6-7-21)43(40,41)26-5-3-4-25(18-26)42-2/h3-5,8-11,16-18,21,30H,6-7,12-15,19H2,1-2H3,(H,35,39). The third kappa shape index (κ3) is 5.25. The lowest BCUT2D eigenvalue weighted by atomic mass is 9.68. The summed E-state index contributed by atoms with van der Waals surface area (Å²) in [6.07, 6.45) is 2.99. The van der Waals surface area contributed by atoms with Crippen LogP contribution in [0.1, 0.15) is 54.1 Å². The molecule has 3 aromatic carbocycles. The molecule has 11 heteroatoms. The van der Waals surface area contributed by atoms with E-state index in [-0.39, 0.29) is 40.2 Å². The van der Waals surface area contributed by atoms with Gasteiger partial charge in [-0.2, -0.15) is 0 Å². The monoisotopic (exact) mass is 625 g/mol. The summed E-state index contributed by atoms with van der Waals surface area (Å²) in [6.45, 7) is 2.66. The Kier molecular flexibility index (Phi) is 7.62. The second kappa shape index (κ2) is 11.1. The minimum Gasteiger partial charge on any atom is -0.497 e. The molecule has 6 rings (SSSR count). The third-order valence-corrected chi connectivity index (χ3v) is 11.2. The Hall–Kier alpha value is -3.63. The molecule has 2 amide bonds. The number of halogens is 2. The fraction of sp³-hybridized carbons (Fsp3) is 0.375. The molecule has 2 fully saturated rings. The van der Waals surface area contributed by atoms with Crippen molar-refractivity contribution in [1.82, 2.24) is 10.2 Å². The van der Waals surface area contributed by atoms with Crippen LogP contribution in [0.2, 0.25) is 5.02 Å². The summed E-state index contributed by atoms with van der Waals surface area (Å²) < 4.78 is 49.3. The Labute approximate surface area is 255 Å². The topological polar surface area (TPSA) is 96.0 Å². The Morgan fingerprint density at radius 3 is 2.47 bits per heavy atom. The molecule has 0 aromatic heterocycles. The van der Waals surface area contributed by atoms with E-state index in [0.29, 0.717) is 48.5 Å². The molecule has 1 unspecified atom stereocenters. The highest BCUT2D eigenvalue weighted by atomic mass is 35.5. The molecule has 1 saturated heterocycles. The number of hydrogen-bond acceptors (Lipinski definition) is 5. The maximum Gasteiger partial charge on any atom is 0.264 e. The van der Waals surface area contributed by atoms with Crippen LogP contribution in [0.25, 0.3) is 0 Å². The fourth-order valence-electron chi connectivity index (χ4n) is 6.74. The predicted molar refractivity (Wildman–Crippen MR) is 161 cm³/mol. The Bertz CT molecular complexity index is 1700. The van der Waals surface area contributed by atoms with Crippen LogP contribution in [0.4, 0.5) is 10.1 Å². The van der Waals surface area contributed by atoms with Gasteiger partial charge < -0.3 is 15.0 Å². The van der Waals surface area contributed by atoms with Crippen LogP contribution in [-0.4, -0.2) is 51.4 Å². The molecule has 0 radical (unpaired) electrons. The third-order valence-electron chi connectivity index (χ3n) is 9.07. The first-order valence-corrected chi connectivity index (χ1v) is 16.2. The largest absolute Gasteiger partial charge is 0.497 e. The maximum atomic E-state index is 14.4. The predicted octanol–water partition coefficient (Wildman–Crippen LogP) is 5.29. The van der Waals surface area contributed by atoms with E-state index >= 15 is 0 Å². The lowest BCUT2D eigenvalue weighted by molar-refractivity contribution is -0.130. The summed E-state index contributed by atoms with van der Waals surface area (Å²) in [5.41, 5.74) is 1.78. The van der Waals surface area contributed by atoms with E-state index in [4.69, 9.17) is 16.3 Å². The van der Waals surface area contributed by atoms with Gasteiger partial charge in [0.25, 0.3) is 15.9 Å². The number of methoxy groups -OCH3 is 1. The number of amides is 2. The molecule has 1 spiro atoms. The van der Waals surface area contributed by atoms with E-state index in [9.17, 15) is 22.4 Å². The van der Waals surface area contributed by atoms with Gasteiger partial charge >= 0.3 is 0 Å². The number of carbonyl (C=O) groups excluding carboxylic acids is 2. The van der Waals surface area contributed by atoms with Crippen LogP contribution in [0.3, 0.4) is 0 Å². The number of sulfonamides is 1. The molecule has 43 heavy (non-hydrogen) atoms. The van der Waals surface area contributed by atoms with Gasteiger partial charge in [0.05, 0.1) is 23.7 Å². The van der Waals surface area contributed by atoms with Gasteiger partial charge in [-0.05, 0) is 85.2 Å². The number of benzene rings is 3. The molecule has 3 aromatic rings. The smallest absolute Gasteiger partial charge is 0.264 e. The number of rotatable bonds is 7. The molecule has 2 aliphatic heterocycles. The number of carbonyl (C=O) groups is 2. The van der Waals surface area contributed by atoms with Crippen LogP contribution in [0.5, 0.6) is 5.75 Å².